The first-order valence-electron chi connectivity index (χ1n) is 7.66. The van der Waals surface area contributed by atoms with Gasteiger partial charge in [0.25, 0.3) is 5.91 Å². The number of amides is 1. The van der Waals surface area contributed by atoms with Gasteiger partial charge in [-0.3, -0.25) is 4.79 Å². The van der Waals surface area contributed by atoms with Crippen LogP contribution in [0.2, 0.25) is 0 Å². The molecule has 1 aromatic rings. The number of nitrogens with zero attached hydrogens (tertiary/aromatic N) is 1. The summed E-state index contributed by atoms with van der Waals surface area (Å²) in [4.78, 5) is 14.5. The molecule has 0 spiro atoms. The molecule has 0 bridgehead atoms. The molecule has 0 unspecified atom stereocenters. The van der Waals surface area contributed by atoms with E-state index in [1.807, 2.05) is 29.2 Å². The Morgan fingerprint density at radius 1 is 1.00 bits per heavy atom. The van der Waals surface area contributed by atoms with Gasteiger partial charge in [0.2, 0.25) is 0 Å². The average Bonchev–Trinajstić information content (AvgIpc) is 2.50. The zero-order chi connectivity index (χ0) is 14.8. The highest BCUT2D eigenvalue weighted by atomic mass is 16.5. The monoisotopic (exact) mass is 277 g/mol. The first kappa shape index (κ1) is 16.5. The molecule has 0 atom stereocenters. The number of carbonyl (C=O) groups is 1. The maximum Gasteiger partial charge on any atom is 0.253 e. The van der Waals surface area contributed by atoms with Crippen LogP contribution in [0, 0.1) is 0 Å². The predicted molar refractivity (Wildman–Crippen MR) is 83.3 cm³/mol. The van der Waals surface area contributed by atoms with E-state index in [0.29, 0.717) is 0 Å². The van der Waals surface area contributed by atoms with Crippen molar-refractivity contribution in [2.75, 3.05) is 20.2 Å². The van der Waals surface area contributed by atoms with Gasteiger partial charge in [0, 0.05) is 18.7 Å². The Labute approximate surface area is 122 Å². The second kappa shape index (κ2) is 9.40. The van der Waals surface area contributed by atoms with Gasteiger partial charge in [0.05, 0.1) is 7.11 Å². The average molecular weight is 277 g/mol. The molecule has 3 heteroatoms. The number of methoxy groups -OCH3 is 1. The lowest BCUT2D eigenvalue weighted by atomic mass is 10.1. The van der Waals surface area contributed by atoms with Crippen LogP contribution in [0.15, 0.2) is 24.3 Å². The Kier molecular flexibility index (Phi) is 7.78. The van der Waals surface area contributed by atoms with Gasteiger partial charge in [-0.25, -0.2) is 0 Å². The molecule has 3 nitrogen and oxygen atoms in total. The highest BCUT2D eigenvalue weighted by Crippen LogP contribution is 2.14. The summed E-state index contributed by atoms with van der Waals surface area (Å²) in [6.45, 7) is 6.05. The molecular weight excluding hydrogens is 250 g/mol. The van der Waals surface area contributed by atoms with Gasteiger partial charge in [-0.2, -0.15) is 0 Å². The number of hydrogen-bond acceptors (Lipinski definition) is 2. The molecule has 0 N–H and O–H groups in total. The summed E-state index contributed by atoms with van der Waals surface area (Å²) in [6.07, 6.45) is 5.62. The fraction of sp³-hybridized carbons (Fsp3) is 0.588. The summed E-state index contributed by atoms with van der Waals surface area (Å²) in [7, 11) is 1.63. The van der Waals surface area contributed by atoms with E-state index in [4.69, 9.17) is 4.74 Å². The first-order valence-corrected chi connectivity index (χ1v) is 7.66. The second-order valence-corrected chi connectivity index (χ2v) is 5.08. The SMILES string of the molecule is CCCCCN(CCCC)C(=O)c1ccc(OC)cc1. The lowest BCUT2D eigenvalue weighted by Crippen LogP contribution is -2.32. The molecule has 1 aromatic carbocycles. The summed E-state index contributed by atoms with van der Waals surface area (Å²) < 4.78 is 5.13. The smallest absolute Gasteiger partial charge is 0.253 e. The van der Waals surface area contributed by atoms with Gasteiger partial charge in [-0.05, 0) is 37.1 Å². The minimum absolute atomic E-state index is 0.136. The molecule has 1 rings (SSSR count). The van der Waals surface area contributed by atoms with Crippen molar-refractivity contribution >= 4 is 5.91 Å². The van der Waals surface area contributed by atoms with E-state index in [0.717, 1.165) is 43.7 Å². The van der Waals surface area contributed by atoms with E-state index in [-0.39, 0.29) is 5.91 Å². The van der Waals surface area contributed by atoms with Crippen molar-refractivity contribution in [3.8, 4) is 5.75 Å². The zero-order valence-corrected chi connectivity index (χ0v) is 13.0. The van der Waals surface area contributed by atoms with Crippen LogP contribution < -0.4 is 4.74 Å². The van der Waals surface area contributed by atoms with Crippen molar-refractivity contribution in [3.05, 3.63) is 29.8 Å². The molecule has 0 aromatic heterocycles. The molecule has 0 saturated heterocycles. The van der Waals surface area contributed by atoms with Crippen molar-refractivity contribution in [2.45, 2.75) is 46.0 Å². The Balaban J connectivity index is 2.68. The third-order valence-electron chi connectivity index (χ3n) is 3.44. The quantitative estimate of drug-likeness (QED) is 0.635. The molecule has 20 heavy (non-hydrogen) atoms. The van der Waals surface area contributed by atoms with Gasteiger partial charge in [0.15, 0.2) is 0 Å². The van der Waals surface area contributed by atoms with E-state index >= 15 is 0 Å². The number of rotatable bonds is 9. The molecule has 0 saturated carbocycles. The maximum atomic E-state index is 12.5. The van der Waals surface area contributed by atoms with Crippen molar-refractivity contribution in [1.29, 1.82) is 0 Å². The zero-order valence-electron chi connectivity index (χ0n) is 13.0. The highest BCUT2D eigenvalue weighted by Gasteiger charge is 2.14. The summed E-state index contributed by atoms with van der Waals surface area (Å²) in [5.74, 6) is 0.921. The van der Waals surface area contributed by atoms with Crippen LogP contribution in [0.1, 0.15) is 56.3 Å². The van der Waals surface area contributed by atoms with Crippen LogP contribution in [-0.2, 0) is 0 Å². The summed E-state index contributed by atoms with van der Waals surface area (Å²) >= 11 is 0. The van der Waals surface area contributed by atoms with Crippen molar-refractivity contribution in [3.63, 3.8) is 0 Å². The van der Waals surface area contributed by atoms with Crippen LogP contribution in [-0.4, -0.2) is 31.0 Å². The molecule has 0 aliphatic heterocycles. The summed E-state index contributed by atoms with van der Waals surface area (Å²) in [5.41, 5.74) is 0.749. The van der Waals surface area contributed by atoms with Crippen LogP contribution in [0.3, 0.4) is 0 Å². The van der Waals surface area contributed by atoms with E-state index < -0.39 is 0 Å². The normalized spacial score (nSPS) is 10.3. The summed E-state index contributed by atoms with van der Waals surface area (Å²) in [5, 5.41) is 0. The number of unbranched alkanes of at least 4 members (excludes halogenated alkanes) is 3. The van der Waals surface area contributed by atoms with Gasteiger partial charge < -0.3 is 9.64 Å². The fourth-order valence-corrected chi connectivity index (χ4v) is 2.13. The van der Waals surface area contributed by atoms with Crippen LogP contribution in [0.5, 0.6) is 5.75 Å². The fourth-order valence-electron chi connectivity index (χ4n) is 2.13. The molecule has 112 valence electrons. The minimum atomic E-state index is 0.136. The number of benzene rings is 1. The lowest BCUT2D eigenvalue weighted by molar-refractivity contribution is 0.0750. The summed E-state index contributed by atoms with van der Waals surface area (Å²) in [6, 6.07) is 7.38. The molecule has 1 amide bonds. The van der Waals surface area contributed by atoms with E-state index in [9.17, 15) is 4.79 Å². The lowest BCUT2D eigenvalue weighted by Gasteiger charge is -2.22. The number of ether oxygens (including phenoxy) is 1. The van der Waals surface area contributed by atoms with Crippen LogP contribution in [0.25, 0.3) is 0 Å². The topological polar surface area (TPSA) is 29.5 Å². The van der Waals surface area contributed by atoms with Gasteiger partial charge in [-0.1, -0.05) is 33.1 Å². The Hall–Kier alpha value is -1.51. The third-order valence-corrected chi connectivity index (χ3v) is 3.44. The molecule has 0 aliphatic rings. The Morgan fingerprint density at radius 3 is 2.15 bits per heavy atom. The number of carbonyl (C=O) groups excluding carboxylic acids is 1. The van der Waals surface area contributed by atoms with Gasteiger partial charge in [-0.15, -0.1) is 0 Å². The highest BCUT2D eigenvalue weighted by molar-refractivity contribution is 5.94. The van der Waals surface area contributed by atoms with Crippen LogP contribution >= 0.6 is 0 Å². The molecule has 0 radical (unpaired) electrons. The van der Waals surface area contributed by atoms with E-state index in [1.54, 1.807) is 7.11 Å². The Morgan fingerprint density at radius 2 is 1.60 bits per heavy atom. The van der Waals surface area contributed by atoms with E-state index in [1.165, 1.54) is 12.8 Å². The number of hydrogen-bond donors (Lipinski definition) is 0. The third kappa shape index (κ3) is 5.24. The van der Waals surface area contributed by atoms with Crippen molar-refractivity contribution in [1.82, 2.24) is 4.90 Å². The van der Waals surface area contributed by atoms with E-state index in [2.05, 4.69) is 13.8 Å². The molecule has 0 fully saturated rings. The van der Waals surface area contributed by atoms with Crippen molar-refractivity contribution < 1.29 is 9.53 Å². The molecule has 0 aliphatic carbocycles. The van der Waals surface area contributed by atoms with Gasteiger partial charge in [0.1, 0.15) is 5.75 Å². The van der Waals surface area contributed by atoms with Crippen molar-refractivity contribution in [2.24, 2.45) is 0 Å². The molecular formula is C17H27NO2. The standard InChI is InChI=1S/C17H27NO2/c1-4-6-8-14-18(13-7-5-2)17(19)15-9-11-16(20-3)12-10-15/h9-12H,4-8,13-14H2,1-3H3. The maximum absolute atomic E-state index is 12.5. The predicted octanol–water partition coefficient (Wildman–Crippen LogP) is 4.13. The molecule has 0 heterocycles. The largest absolute Gasteiger partial charge is 0.497 e. The first-order chi connectivity index (χ1) is 9.72. The van der Waals surface area contributed by atoms with Crippen LogP contribution in [0.4, 0.5) is 0 Å². The Bertz CT molecular complexity index is 386. The second-order valence-electron chi connectivity index (χ2n) is 5.08. The minimum Gasteiger partial charge on any atom is -0.497 e. The van der Waals surface area contributed by atoms with Gasteiger partial charge >= 0.3 is 0 Å².